The molecule has 0 spiro atoms. The van der Waals surface area contributed by atoms with Crippen LogP contribution in [0.15, 0.2) is 84.9 Å². The number of unbranched alkanes of at least 4 members (excludes halogenated alkanes) is 15. The summed E-state index contributed by atoms with van der Waals surface area (Å²) in [7, 11) is 14.3. The van der Waals surface area contributed by atoms with Gasteiger partial charge in [0, 0.05) is 125 Å². The van der Waals surface area contributed by atoms with E-state index in [1.807, 2.05) is 98.7 Å². The number of ether oxygens (including phenoxy) is 4. The van der Waals surface area contributed by atoms with Crippen molar-refractivity contribution >= 4 is 56.6 Å². The van der Waals surface area contributed by atoms with E-state index in [9.17, 15) is 9.59 Å². The average molecular weight is 1240 g/mol. The summed E-state index contributed by atoms with van der Waals surface area (Å²) in [4.78, 5) is 43.9. The first-order chi connectivity index (χ1) is 43.8. The summed E-state index contributed by atoms with van der Waals surface area (Å²) in [6.45, 7) is 11.3. The second-order valence-electron chi connectivity index (χ2n) is 24.2. The first-order valence-electron chi connectivity index (χ1n) is 33.4. The van der Waals surface area contributed by atoms with E-state index in [1.165, 1.54) is 88.2 Å². The number of nitrogens with zero attached hydrogens (tertiary/aromatic N) is 6. The molecule has 2 heterocycles. The second kappa shape index (κ2) is 40.6. The number of nitrogens with two attached hydrogens (primary N) is 2. The summed E-state index contributed by atoms with van der Waals surface area (Å²) < 4.78 is 21.8. The van der Waals surface area contributed by atoms with Crippen LogP contribution in [0.1, 0.15) is 160 Å². The van der Waals surface area contributed by atoms with Crippen molar-refractivity contribution < 1.29 is 28.5 Å². The number of hydrogen-bond donors (Lipinski definition) is 6. The molecule has 0 radical (unpaired) electrons. The molecule has 0 fully saturated rings. The van der Waals surface area contributed by atoms with Crippen molar-refractivity contribution in [2.45, 2.75) is 142 Å². The van der Waals surface area contributed by atoms with E-state index in [0.29, 0.717) is 34.4 Å². The number of methoxy groups -OCH3 is 4. The Hall–Kier alpha value is -7.12. The largest absolute Gasteiger partial charge is 0.493 e. The van der Waals surface area contributed by atoms with Crippen LogP contribution in [0, 0.1) is 0 Å². The minimum absolute atomic E-state index is 0.0725. The van der Waals surface area contributed by atoms with Crippen LogP contribution < -0.4 is 61.5 Å². The lowest BCUT2D eigenvalue weighted by Gasteiger charge is -2.20. The van der Waals surface area contributed by atoms with Crippen LogP contribution in [0.4, 0.5) is 23.0 Å². The Labute approximate surface area is 538 Å². The molecule has 0 bridgehead atoms. The molecule has 0 aliphatic heterocycles. The van der Waals surface area contributed by atoms with E-state index in [-0.39, 0.29) is 11.8 Å². The molecule has 8 N–H and O–H groups in total. The molecule has 90 heavy (non-hydrogen) atoms. The van der Waals surface area contributed by atoms with Gasteiger partial charge in [-0.05, 0) is 151 Å². The van der Waals surface area contributed by atoms with Gasteiger partial charge in [0.15, 0.2) is 23.0 Å². The number of carbonyl (C=O) groups is 2. The Morgan fingerprint density at radius 3 is 0.989 bits per heavy atom. The number of hydrogen-bond acceptors (Lipinski definition) is 16. The van der Waals surface area contributed by atoms with Crippen molar-refractivity contribution in [2.24, 2.45) is 0 Å². The summed E-state index contributed by atoms with van der Waals surface area (Å²) in [5, 5.41) is 16.2. The summed E-state index contributed by atoms with van der Waals surface area (Å²) in [6, 6.07) is 27.4. The predicted octanol–water partition coefficient (Wildman–Crippen LogP) is 12.3. The highest BCUT2D eigenvalue weighted by atomic mass is 16.5. The number of benzene rings is 4. The molecule has 18 nitrogen and oxygen atoms in total. The maximum Gasteiger partial charge on any atom is 0.253 e. The molecule has 0 aliphatic rings. The van der Waals surface area contributed by atoms with Gasteiger partial charge in [-0.1, -0.05) is 88.5 Å². The molecule has 6 rings (SSSR count). The van der Waals surface area contributed by atoms with Gasteiger partial charge in [0.1, 0.15) is 11.6 Å². The average Bonchev–Trinajstić information content (AvgIpc) is 0.893. The fourth-order valence-corrected chi connectivity index (χ4v) is 11.3. The molecule has 4 aromatic carbocycles. The number of fused-ring (bicyclic) bond motifs is 2. The molecule has 0 saturated carbocycles. The van der Waals surface area contributed by atoms with Crippen molar-refractivity contribution in [1.82, 2.24) is 41.0 Å². The lowest BCUT2D eigenvalue weighted by atomic mass is 10.1. The molecule has 2 amide bonds. The number of carbonyl (C=O) groups excluding carboxylic acids is 2. The molecule has 494 valence electrons. The van der Waals surface area contributed by atoms with Crippen molar-refractivity contribution in [3.8, 4) is 23.0 Å². The zero-order valence-corrected chi connectivity index (χ0v) is 56.0. The standard InChI is InChI=1S/C72H110N12O6/c1-81(69-49-61(73)59-47-65(87-5)67(89-7)51-63(59)79-69)43-25-15-17-27-45-83(3)71(85)57-33-29-55(30-34-57)53-77-41-23-13-11-21-39-75-37-19-9-10-20-38-76-40-22-12-14-24-42-78-54-56-31-35-58(36-32-56)72(86)84(4)46-28-18-16-26-44-82(2)70-50-62(74)60-48-66(88-6)68(90-8)52-64(60)80-70/h29-36,47-52,75-78H,9-28,37-46,53-54H2,1-8H3,(H2,73,79)(H2,74,80). The Kier molecular flexibility index (Phi) is 32.4. The minimum Gasteiger partial charge on any atom is -0.493 e. The smallest absolute Gasteiger partial charge is 0.253 e. The van der Waals surface area contributed by atoms with Crippen LogP contribution >= 0.6 is 0 Å². The Bertz CT molecular complexity index is 2840. The highest BCUT2D eigenvalue weighted by molar-refractivity contribution is 5.96. The number of anilines is 4. The summed E-state index contributed by atoms with van der Waals surface area (Å²) >= 11 is 0. The quantitative estimate of drug-likeness (QED) is 0.0196. The number of amides is 2. The molecule has 2 aromatic heterocycles. The molecule has 0 aliphatic carbocycles. The van der Waals surface area contributed by atoms with E-state index in [4.69, 9.17) is 40.4 Å². The Morgan fingerprint density at radius 2 is 0.667 bits per heavy atom. The van der Waals surface area contributed by atoms with Gasteiger partial charge in [-0.15, -0.1) is 0 Å². The Morgan fingerprint density at radius 1 is 0.378 bits per heavy atom. The second-order valence-corrected chi connectivity index (χ2v) is 24.2. The van der Waals surface area contributed by atoms with Gasteiger partial charge in [0.25, 0.3) is 11.8 Å². The van der Waals surface area contributed by atoms with Gasteiger partial charge in [-0.3, -0.25) is 9.59 Å². The highest BCUT2D eigenvalue weighted by Crippen LogP contribution is 2.37. The van der Waals surface area contributed by atoms with E-state index in [2.05, 4.69) is 55.3 Å². The maximum absolute atomic E-state index is 13.1. The van der Waals surface area contributed by atoms with Crippen LogP contribution in [0.5, 0.6) is 23.0 Å². The first-order valence-corrected chi connectivity index (χ1v) is 33.4. The van der Waals surface area contributed by atoms with Crippen LogP contribution in [0.3, 0.4) is 0 Å². The number of nitrogen functional groups attached to an aromatic ring is 2. The monoisotopic (exact) mass is 1240 g/mol. The molecular formula is C72H110N12O6. The topological polar surface area (TPSA) is 210 Å². The lowest BCUT2D eigenvalue weighted by molar-refractivity contribution is 0.0785. The zero-order valence-electron chi connectivity index (χ0n) is 56.0. The maximum atomic E-state index is 13.1. The van der Waals surface area contributed by atoms with Gasteiger partial charge in [-0.2, -0.15) is 0 Å². The summed E-state index contributed by atoms with van der Waals surface area (Å²) in [5.74, 6) is 4.32. The van der Waals surface area contributed by atoms with E-state index < -0.39 is 0 Å². The normalized spacial score (nSPS) is 11.3. The third-order valence-electron chi connectivity index (χ3n) is 17.0. The lowest BCUT2D eigenvalue weighted by Crippen LogP contribution is -2.27. The van der Waals surface area contributed by atoms with E-state index in [0.717, 1.165) is 174 Å². The number of rotatable bonds is 47. The fraction of sp³-hybridized carbons (Fsp3) is 0.556. The van der Waals surface area contributed by atoms with Gasteiger partial charge in [0.2, 0.25) is 0 Å². The van der Waals surface area contributed by atoms with E-state index in [1.54, 1.807) is 28.4 Å². The van der Waals surface area contributed by atoms with Crippen LogP contribution in [0.2, 0.25) is 0 Å². The van der Waals surface area contributed by atoms with Crippen molar-refractivity contribution in [3.05, 3.63) is 107 Å². The van der Waals surface area contributed by atoms with Crippen LogP contribution in [-0.4, -0.2) is 154 Å². The zero-order chi connectivity index (χ0) is 64.3. The van der Waals surface area contributed by atoms with E-state index >= 15 is 0 Å². The van der Waals surface area contributed by atoms with Gasteiger partial charge >= 0.3 is 0 Å². The number of pyridine rings is 2. The van der Waals surface area contributed by atoms with Crippen molar-refractivity contribution in [3.63, 3.8) is 0 Å². The molecule has 18 heteroatoms. The third kappa shape index (κ3) is 24.3. The number of nitrogens with one attached hydrogen (secondary N) is 4. The fourth-order valence-electron chi connectivity index (χ4n) is 11.3. The van der Waals surface area contributed by atoms with Crippen LogP contribution in [0.25, 0.3) is 21.8 Å². The highest BCUT2D eigenvalue weighted by Gasteiger charge is 2.17. The minimum atomic E-state index is 0.0725. The third-order valence-corrected chi connectivity index (χ3v) is 17.0. The molecule has 0 saturated heterocycles. The number of aromatic nitrogens is 2. The van der Waals surface area contributed by atoms with Gasteiger partial charge in [-0.25, -0.2) is 9.97 Å². The molecule has 0 unspecified atom stereocenters. The SMILES string of the molecule is COc1cc2nc(N(C)CCCCCCN(C)C(=O)c3ccc(CNCCCCCCNCCCCCCNCCCCCCNCc4ccc(C(=O)N(C)CCCCCCN(C)c5cc(N)c6cc(OC)c(OC)cc6n5)cc4)cc3)cc(N)c2cc1OC. The summed E-state index contributed by atoms with van der Waals surface area (Å²) in [6.07, 6.45) is 23.1. The predicted molar refractivity (Wildman–Crippen MR) is 373 cm³/mol. The van der Waals surface area contributed by atoms with Crippen molar-refractivity contribution in [2.75, 3.05) is 143 Å². The molecule has 6 aromatic rings. The first kappa shape index (κ1) is 71.9. The summed E-state index contributed by atoms with van der Waals surface area (Å²) in [5.41, 5.74) is 19.6. The van der Waals surface area contributed by atoms with Crippen molar-refractivity contribution in [1.29, 1.82) is 0 Å². The van der Waals surface area contributed by atoms with Gasteiger partial charge < -0.3 is 71.3 Å². The molecular weight excluding hydrogens is 1130 g/mol. The van der Waals surface area contributed by atoms with Crippen LogP contribution in [-0.2, 0) is 13.1 Å². The van der Waals surface area contributed by atoms with Gasteiger partial charge in [0.05, 0.1) is 39.5 Å². The molecule has 0 atom stereocenters. The Balaban J connectivity index is 0.653.